The van der Waals surface area contributed by atoms with Gasteiger partial charge < -0.3 is 19.6 Å². The second kappa shape index (κ2) is 10.1. The molecule has 1 aromatic carbocycles. The number of fused-ring (bicyclic) bond motifs is 1. The Kier molecular flexibility index (Phi) is 6.77. The van der Waals surface area contributed by atoms with Crippen molar-refractivity contribution in [3.05, 3.63) is 46.6 Å². The lowest BCUT2D eigenvalue weighted by atomic mass is 10.0. The second-order valence-electron chi connectivity index (χ2n) is 9.90. The fourth-order valence-corrected chi connectivity index (χ4v) is 5.56. The van der Waals surface area contributed by atoms with Crippen LogP contribution in [0.1, 0.15) is 60.3 Å². The minimum atomic E-state index is -0.0121. The molecular formula is C27H33N7O2. The molecule has 2 fully saturated rings. The van der Waals surface area contributed by atoms with Gasteiger partial charge in [0.25, 0.3) is 5.91 Å². The monoisotopic (exact) mass is 487 g/mol. The molecule has 0 bridgehead atoms. The molecule has 9 heteroatoms. The molecule has 1 unspecified atom stereocenters. The summed E-state index contributed by atoms with van der Waals surface area (Å²) in [6.07, 6.45) is 3.88. The second-order valence-corrected chi connectivity index (χ2v) is 9.90. The van der Waals surface area contributed by atoms with Crippen molar-refractivity contribution in [3.8, 4) is 6.07 Å². The van der Waals surface area contributed by atoms with Crippen molar-refractivity contribution in [3.63, 3.8) is 0 Å². The molecule has 2 amide bonds. The Morgan fingerprint density at radius 1 is 1.11 bits per heavy atom. The van der Waals surface area contributed by atoms with Crippen LogP contribution in [0.15, 0.2) is 24.3 Å². The van der Waals surface area contributed by atoms with Gasteiger partial charge in [0, 0.05) is 57.8 Å². The first-order chi connectivity index (χ1) is 17.5. The number of carbonyl (C=O) groups is 2. The minimum absolute atomic E-state index is 0.0121. The SMILES string of the molecule is CCCN1Cc2c(nc(N3CCN(C(C)=O)CC3)nc2N2CCCC2Cc2ccc(C#N)cc2)C1=O. The van der Waals surface area contributed by atoms with Crippen LogP contribution in [-0.2, 0) is 17.8 Å². The van der Waals surface area contributed by atoms with Crippen molar-refractivity contribution < 1.29 is 9.59 Å². The van der Waals surface area contributed by atoms with Crippen molar-refractivity contribution in [2.75, 3.05) is 49.1 Å². The van der Waals surface area contributed by atoms with E-state index in [0.717, 1.165) is 43.6 Å². The number of nitrogens with zero attached hydrogens (tertiary/aromatic N) is 7. The Morgan fingerprint density at radius 3 is 2.53 bits per heavy atom. The molecule has 2 aromatic rings. The van der Waals surface area contributed by atoms with Gasteiger partial charge in [-0.1, -0.05) is 19.1 Å². The fourth-order valence-electron chi connectivity index (χ4n) is 5.56. The van der Waals surface area contributed by atoms with Gasteiger partial charge in [-0.2, -0.15) is 10.2 Å². The highest BCUT2D eigenvalue weighted by Crippen LogP contribution is 2.36. The Labute approximate surface area is 212 Å². The molecule has 3 aliphatic rings. The van der Waals surface area contributed by atoms with Gasteiger partial charge >= 0.3 is 0 Å². The van der Waals surface area contributed by atoms with E-state index >= 15 is 0 Å². The van der Waals surface area contributed by atoms with Crippen LogP contribution in [0.5, 0.6) is 0 Å². The highest BCUT2D eigenvalue weighted by Gasteiger charge is 2.37. The van der Waals surface area contributed by atoms with E-state index in [1.807, 2.05) is 34.1 Å². The number of piperazine rings is 1. The standard InChI is InChI=1S/C27H33N7O2/c1-3-10-33-18-23-24(26(33)36)29-27(32-14-12-31(13-15-32)19(2)35)30-25(23)34-11-4-5-22(34)16-20-6-8-21(17-28)9-7-20/h6-9,22H,3-5,10-16,18H2,1-2H3. The molecule has 36 heavy (non-hydrogen) atoms. The normalized spacial score (nSPS) is 19.6. The molecule has 0 aliphatic carbocycles. The van der Waals surface area contributed by atoms with Gasteiger partial charge in [0.2, 0.25) is 11.9 Å². The maximum Gasteiger partial charge on any atom is 0.273 e. The van der Waals surface area contributed by atoms with Crippen LogP contribution in [0, 0.1) is 11.3 Å². The van der Waals surface area contributed by atoms with Crippen LogP contribution in [0.25, 0.3) is 0 Å². The Morgan fingerprint density at radius 2 is 1.86 bits per heavy atom. The van der Waals surface area contributed by atoms with Crippen molar-refractivity contribution in [2.24, 2.45) is 0 Å². The number of rotatable bonds is 6. The third-order valence-electron chi connectivity index (χ3n) is 7.52. The van der Waals surface area contributed by atoms with E-state index in [1.165, 1.54) is 5.56 Å². The van der Waals surface area contributed by atoms with Crippen molar-refractivity contribution in [1.82, 2.24) is 19.8 Å². The molecule has 0 N–H and O–H groups in total. The molecule has 9 nitrogen and oxygen atoms in total. The summed E-state index contributed by atoms with van der Waals surface area (Å²) in [5.74, 6) is 1.54. The molecule has 1 aromatic heterocycles. The Hall–Kier alpha value is -3.67. The first-order valence-electron chi connectivity index (χ1n) is 12.9. The van der Waals surface area contributed by atoms with Crippen LogP contribution in [0.4, 0.5) is 11.8 Å². The van der Waals surface area contributed by atoms with E-state index in [9.17, 15) is 9.59 Å². The summed E-state index contributed by atoms with van der Waals surface area (Å²) in [6.45, 7) is 8.39. The zero-order valence-corrected chi connectivity index (χ0v) is 21.1. The summed E-state index contributed by atoms with van der Waals surface area (Å²) >= 11 is 0. The molecule has 0 radical (unpaired) electrons. The highest BCUT2D eigenvalue weighted by atomic mass is 16.2. The maximum absolute atomic E-state index is 13.3. The van der Waals surface area contributed by atoms with Crippen molar-refractivity contribution in [1.29, 1.82) is 5.26 Å². The van der Waals surface area contributed by atoms with Gasteiger partial charge in [-0.25, -0.2) is 4.98 Å². The van der Waals surface area contributed by atoms with Gasteiger partial charge in [0.15, 0.2) is 0 Å². The molecular weight excluding hydrogens is 454 g/mol. The molecule has 0 spiro atoms. The van der Waals surface area contributed by atoms with E-state index < -0.39 is 0 Å². The first-order valence-corrected chi connectivity index (χ1v) is 12.9. The van der Waals surface area contributed by atoms with E-state index in [0.29, 0.717) is 56.5 Å². The average molecular weight is 488 g/mol. The van der Waals surface area contributed by atoms with Crippen LogP contribution in [0.3, 0.4) is 0 Å². The number of hydrogen-bond donors (Lipinski definition) is 0. The van der Waals surface area contributed by atoms with E-state index in [-0.39, 0.29) is 17.9 Å². The summed E-state index contributed by atoms with van der Waals surface area (Å²) in [4.78, 5) is 43.1. The van der Waals surface area contributed by atoms with Gasteiger partial charge in [-0.3, -0.25) is 9.59 Å². The fraction of sp³-hybridized carbons (Fsp3) is 0.519. The number of amides is 2. The summed E-state index contributed by atoms with van der Waals surface area (Å²) < 4.78 is 0. The summed E-state index contributed by atoms with van der Waals surface area (Å²) in [5.41, 5.74) is 3.33. The zero-order chi connectivity index (χ0) is 25.2. The predicted molar refractivity (Wildman–Crippen MR) is 137 cm³/mol. The lowest BCUT2D eigenvalue weighted by Crippen LogP contribution is -2.48. The molecule has 3 aliphatic heterocycles. The number of anilines is 2. The molecule has 2 saturated heterocycles. The van der Waals surface area contributed by atoms with E-state index in [4.69, 9.17) is 15.2 Å². The van der Waals surface area contributed by atoms with Crippen LogP contribution >= 0.6 is 0 Å². The Balaban J connectivity index is 1.46. The van der Waals surface area contributed by atoms with Crippen molar-refractivity contribution in [2.45, 2.75) is 52.1 Å². The topological polar surface area (TPSA) is 96.7 Å². The quantitative estimate of drug-likeness (QED) is 0.618. The predicted octanol–water partition coefficient (Wildman–Crippen LogP) is 2.59. The lowest BCUT2D eigenvalue weighted by molar-refractivity contribution is -0.129. The minimum Gasteiger partial charge on any atom is -0.353 e. The molecule has 0 saturated carbocycles. The van der Waals surface area contributed by atoms with E-state index in [2.05, 4.69) is 22.8 Å². The Bertz CT molecular complexity index is 1180. The smallest absolute Gasteiger partial charge is 0.273 e. The summed E-state index contributed by atoms with van der Waals surface area (Å²) in [5, 5.41) is 9.12. The maximum atomic E-state index is 13.3. The first kappa shape index (κ1) is 24.0. The van der Waals surface area contributed by atoms with Gasteiger partial charge in [-0.15, -0.1) is 0 Å². The average Bonchev–Trinajstić information content (AvgIpc) is 3.48. The number of nitriles is 1. The van der Waals surface area contributed by atoms with Gasteiger partial charge in [0.05, 0.1) is 18.2 Å². The van der Waals surface area contributed by atoms with Crippen molar-refractivity contribution >= 4 is 23.6 Å². The summed E-state index contributed by atoms with van der Waals surface area (Å²) in [6, 6.07) is 10.3. The number of benzene rings is 1. The number of aromatic nitrogens is 2. The molecule has 1 atom stereocenters. The van der Waals surface area contributed by atoms with Crippen LogP contribution < -0.4 is 9.80 Å². The molecule has 4 heterocycles. The van der Waals surface area contributed by atoms with Gasteiger partial charge in [0.1, 0.15) is 11.5 Å². The molecule has 5 rings (SSSR count). The highest BCUT2D eigenvalue weighted by molar-refractivity contribution is 5.98. The number of carbonyl (C=O) groups excluding carboxylic acids is 2. The zero-order valence-electron chi connectivity index (χ0n) is 21.1. The largest absolute Gasteiger partial charge is 0.353 e. The third kappa shape index (κ3) is 4.60. The van der Waals surface area contributed by atoms with E-state index in [1.54, 1.807) is 6.92 Å². The molecule has 188 valence electrons. The summed E-state index contributed by atoms with van der Waals surface area (Å²) in [7, 11) is 0. The lowest BCUT2D eigenvalue weighted by Gasteiger charge is -2.35. The van der Waals surface area contributed by atoms with Gasteiger partial charge in [-0.05, 0) is 43.4 Å². The van der Waals surface area contributed by atoms with Crippen LogP contribution in [-0.4, -0.2) is 76.9 Å². The third-order valence-corrected chi connectivity index (χ3v) is 7.52. The van der Waals surface area contributed by atoms with Crippen LogP contribution in [0.2, 0.25) is 0 Å². The number of hydrogen-bond acceptors (Lipinski definition) is 7.